The number of methoxy groups -OCH3 is 1. The Morgan fingerprint density at radius 2 is 1.82 bits per heavy atom. The fraction of sp³-hybridized carbons (Fsp3) is 0.833. The molecular weight excluding hydrogens is 222 g/mol. The van der Waals surface area contributed by atoms with Crippen LogP contribution in [0.5, 0.6) is 0 Å². The maximum Gasteiger partial charge on any atom is 0.346 e. The molecule has 5 heteroatoms. The molecule has 2 N–H and O–H groups in total. The summed E-state index contributed by atoms with van der Waals surface area (Å²) in [5, 5.41) is 0. The predicted octanol–water partition coefficient (Wildman–Crippen LogP) is 1.10. The van der Waals surface area contributed by atoms with Gasteiger partial charge in [-0.15, -0.1) is 0 Å². The second kappa shape index (κ2) is 8.06. The third kappa shape index (κ3) is 6.94. The molecule has 0 aromatic heterocycles. The smallest absolute Gasteiger partial charge is 0.346 e. The number of esters is 2. The average molecular weight is 245 g/mol. The number of hydrogen-bond donors (Lipinski definition) is 1. The lowest BCUT2D eigenvalue weighted by Crippen LogP contribution is -2.28. The van der Waals surface area contributed by atoms with Crippen LogP contribution in [0.4, 0.5) is 0 Å². The molecule has 2 atom stereocenters. The lowest BCUT2D eigenvalue weighted by Gasteiger charge is -2.17. The Hall–Kier alpha value is -1.10. The molecule has 0 aliphatic carbocycles. The molecule has 100 valence electrons. The van der Waals surface area contributed by atoms with Crippen molar-refractivity contribution in [2.75, 3.05) is 13.7 Å². The van der Waals surface area contributed by atoms with Crippen LogP contribution in [0.3, 0.4) is 0 Å². The lowest BCUT2D eigenvalue weighted by atomic mass is 9.94. The SMILES string of the molecule is COC(=O)[C@H](C)OC(=O)C[C@@H](CN)CC(C)C. The van der Waals surface area contributed by atoms with Crippen molar-refractivity contribution >= 4 is 11.9 Å². The van der Waals surface area contributed by atoms with Crippen LogP contribution < -0.4 is 5.73 Å². The molecule has 0 bridgehead atoms. The molecule has 0 aliphatic heterocycles. The van der Waals surface area contributed by atoms with Gasteiger partial charge >= 0.3 is 11.9 Å². The van der Waals surface area contributed by atoms with Gasteiger partial charge in [0.2, 0.25) is 0 Å². The fourth-order valence-corrected chi connectivity index (χ4v) is 1.62. The largest absolute Gasteiger partial charge is 0.466 e. The first-order valence-electron chi connectivity index (χ1n) is 5.88. The Kier molecular flexibility index (Phi) is 7.54. The quantitative estimate of drug-likeness (QED) is 0.679. The van der Waals surface area contributed by atoms with Gasteiger partial charge in [0.25, 0.3) is 0 Å². The van der Waals surface area contributed by atoms with Gasteiger partial charge in [0, 0.05) is 6.42 Å². The minimum atomic E-state index is -0.857. The number of nitrogens with two attached hydrogens (primary N) is 1. The van der Waals surface area contributed by atoms with Crippen LogP contribution in [-0.4, -0.2) is 31.7 Å². The van der Waals surface area contributed by atoms with Crippen molar-refractivity contribution in [1.82, 2.24) is 0 Å². The number of ether oxygens (including phenoxy) is 2. The van der Waals surface area contributed by atoms with Gasteiger partial charge in [0.1, 0.15) is 0 Å². The molecule has 0 fully saturated rings. The zero-order chi connectivity index (χ0) is 13.4. The first-order chi connectivity index (χ1) is 7.90. The fourth-order valence-electron chi connectivity index (χ4n) is 1.62. The van der Waals surface area contributed by atoms with Gasteiger partial charge in [-0.3, -0.25) is 4.79 Å². The van der Waals surface area contributed by atoms with Crippen LogP contribution in [0.2, 0.25) is 0 Å². The number of carbonyl (C=O) groups excluding carboxylic acids is 2. The van der Waals surface area contributed by atoms with Crippen molar-refractivity contribution in [1.29, 1.82) is 0 Å². The summed E-state index contributed by atoms with van der Waals surface area (Å²) in [5.41, 5.74) is 5.59. The second-order valence-electron chi connectivity index (χ2n) is 4.59. The summed E-state index contributed by atoms with van der Waals surface area (Å²) in [7, 11) is 1.26. The molecule has 0 radical (unpaired) electrons. The Labute approximate surface area is 103 Å². The van der Waals surface area contributed by atoms with Gasteiger partial charge in [-0.25, -0.2) is 4.79 Å². The van der Waals surface area contributed by atoms with Crippen molar-refractivity contribution in [3.05, 3.63) is 0 Å². The van der Waals surface area contributed by atoms with E-state index in [4.69, 9.17) is 10.5 Å². The summed E-state index contributed by atoms with van der Waals surface area (Å²) >= 11 is 0. The monoisotopic (exact) mass is 245 g/mol. The summed E-state index contributed by atoms with van der Waals surface area (Å²) in [6.45, 7) is 6.08. The molecule has 0 heterocycles. The third-order valence-corrected chi connectivity index (χ3v) is 2.43. The maximum atomic E-state index is 11.5. The number of hydrogen-bond acceptors (Lipinski definition) is 5. The van der Waals surface area contributed by atoms with E-state index < -0.39 is 18.0 Å². The molecule has 5 nitrogen and oxygen atoms in total. The molecular formula is C12H23NO4. The normalized spacial score (nSPS) is 14.2. The standard InChI is InChI=1S/C12H23NO4/c1-8(2)5-10(7-13)6-11(14)17-9(3)12(15)16-4/h8-10H,5-7,13H2,1-4H3/t9-,10-/m0/s1. The van der Waals surface area contributed by atoms with Gasteiger partial charge in [-0.05, 0) is 31.7 Å². The molecule has 0 amide bonds. The first kappa shape index (κ1) is 15.9. The summed E-state index contributed by atoms with van der Waals surface area (Å²) in [6.07, 6.45) is 0.263. The van der Waals surface area contributed by atoms with E-state index in [0.717, 1.165) is 6.42 Å². The summed E-state index contributed by atoms with van der Waals surface area (Å²) in [5.74, 6) is -0.368. The van der Waals surface area contributed by atoms with Crippen LogP contribution in [0.25, 0.3) is 0 Å². The average Bonchev–Trinajstić information content (AvgIpc) is 2.25. The molecule has 0 unspecified atom stereocenters. The van der Waals surface area contributed by atoms with Gasteiger partial charge in [-0.2, -0.15) is 0 Å². The molecule has 0 saturated carbocycles. The zero-order valence-corrected chi connectivity index (χ0v) is 11.1. The van der Waals surface area contributed by atoms with E-state index >= 15 is 0 Å². The molecule has 0 saturated heterocycles. The van der Waals surface area contributed by atoms with Crippen molar-refractivity contribution < 1.29 is 19.1 Å². The summed E-state index contributed by atoms with van der Waals surface area (Å²) in [4.78, 5) is 22.6. The number of rotatable bonds is 7. The van der Waals surface area contributed by atoms with Crippen molar-refractivity contribution in [2.45, 2.75) is 39.7 Å². The molecule has 17 heavy (non-hydrogen) atoms. The highest BCUT2D eigenvalue weighted by molar-refractivity contribution is 5.78. The molecule has 0 aromatic carbocycles. The maximum absolute atomic E-state index is 11.5. The van der Waals surface area contributed by atoms with E-state index in [2.05, 4.69) is 18.6 Å². The topological polar surface area (TPSA) is 78.6 Å². The molecule has 0 aliphatic rings. The van der Waals surface area contributed by atoms with Crippen molar-refractivity contribution in [3.63, 3.8) is 0 Å². The highest BCUT2D eigenvalue weighted by Crippen LogP contribution is 2.15. The van der Waals surface area contributed by atoms with Gasteiger partial charge < -0.3 is 15.2 Å². The van der Waals surface area contributed by atoms with Gasteiger partial charge in [0.15, 0.2) is 6.10 Å². The second-order valence-corrected chi connectivity index (χ2v) is 4.59. The van der Waals surface area contributed by atoms with Gasteiger partial charge in [0.05, 0.1) is 7.11 Å². The Morgan fingerprint density at radius 1 is 1.24 bits per heavy atom. The van der Waals surface area contributed by atoms with E-state index in [1.807, 2.05) is 0 Å². The summed E-state index contributed by atoms with van der Waals surface area (Å²) in [6, 6.07) is 0. The molecule has 0 spiro atoms. The van der Waals surface area contributed by atoms with Crippen LogP contribution in [-0.2, 0) is 19.1 Å². The third-order valence-electron chi connectivity index (χ3n) is 2.43. The first-order valence-corrected chi connectivity index (χ1v) is 5.88. The minimum absolute atomic E-state index is 0.104. The highest BCUT2D eigenvalue weighted by Gasteiger charge is 2.21. The van der Waals surface area contributed by atoms with Gasteiger partial charge in [-0.1, -0.05) is 13.8 Å². The Morgan fingerprint density at radius 3 is 2.24 bits per heavy atom. The van der Waals surface area contributed by atoms with E-state index in [1.165, 1.54) is 14.0 Å². The number of carbonyl (C=O) groups is 2. The predicted molar refractivity (Wildman–Crippen MR) is 64.2 cm³/mol. The Bertz CT molecular complexity index is 253. The highest BCUT2D eigenvalue weighted by atomic mass is 16.6. The summed E-state index contributed by atoms with van der Waals surface area (Å²) < 4.78 is 9.42. The lowest BCUT2D eigenvalue weighted by molar-refractivity contribution is -0.165. The van der Waals surface area contributed by atoms with Crippen LogP contribution in [0.1, 0.15) is 33.6 Å². The molecule has 0 rings (SSSR count). The van der Waals surface area contributed by atoms with E-state index in [9.17, 15) is 9.59 Å². The van der Waals surface area contributed by atoms with Crippen LogP contribution in [0, 0.1) is 11.8 Å². The minimum Gasteiger partial charge on any atom is -0.466 e. The molecule has 0 aromatic rings. The van der Waals surface area contributed by atoms with Crippen LogP contribution >= 0.6 is 0 Å². The van der Waals surface area contributed by atoms with Crippen LogP contribution in [0.15, 0.2) is 0 Å². The Balaban J connectivity index is 4.10. The van der Waals surface area contributed by atoms with E-state index in [1.54, 1.807) is 0 Å². The van der Waals surface area contributed by atoms with Crippen molar-refractivity contribution in [2.24, 2.45) is 17.6 Å². The van der Waals surface area contributed by atoms with Crippen molar-refractivity contribution in [3.8, 4) is 0 Å². The van der Waals surface area contributed by atoms with E-state index in [-0.39, 0.29) is 12.3 Å². The zero-order valence-electron chi connectivity index (χ0n) is 11.1. The van der Waals surface area contributed by atoms with E-state index in [0.29, 0.717) is 12.5 Å².